The molecule has 3 heteroatoms. The molecule has 0 saturated carbocycles. The van der Waals surface area contributed by atoms with E-state index in [1.807, 2.05) is 0 Å². The summed E-state index contributed by atoms with van der Waals surface area (Å²) >= 11 is 0. The Morgan fingerprint density at radius 3 is 3.08 bits per heavy atom. The van der Waals surface area contributed by atoms with Crippen molar-refractivity contribution >= 4 is 5.78 Å². The van der Waals surface area contributed by atoms with Gasteiger partial charge in [-0.2, -0.15) is 0 Å². The average molecular weight is 181 g/mol. The van der Waals surface area contributed by atoms with Crippen molar-refractivity contribution in [3.05, 3.63) is 0 Å². The summed E-state index contributed by atoms with van der Waals surface area (Å²) in [5, 5.41) is 3.26. The fourth-order valence-electron chi connectivity index (χ4n) is 1.45. The zero-order valence-corrected chi connectivity index (χ0v) is 7.88. The highest BCUT2D eigenvalue weighted by atomic mass is 16.5. The third-order valence-corrected chi connectivity index (χ3v) is 2.22. The summed E-state index contributed by atoms with van der Waals surface area (Å²) in [6, 6.07) is 0.114. The van der Waals surface area contributed by atoms with Crippen LogP contribution in [0, 0.1) is 18.3 Å². The van der Waals surface area contributed by atoms with Crippen molar-refractivity contribution < 1.29 is 9.53 Å². The molecule has 1 fully saturated rings. The Morgan fingerprint density at radius 2 is 2.46 bits per heavy atom. The second-order valence-corrected chi connectivity index (χ2v) is 3.21. The normalized spacial score (nSPS) is 27.1. The van der Waals surface area contributed by atoms with E-state index >= 15 is 0 Å². The molecule has 1 saturated heterocycles. The van der Waals surface area contributed by atoms with E-state index in [0.717, 1.165) is 13.0 Å². The molecule has 1 N–H and O–H groups in total. The summed E-state index contributed by atoms with van der Waals surface area (Å²) < 4.78 is 5.21. The van der Waals surface area contributed by atoms with Crippen molar-refractivity contribution in [2.45, 2.75) is 19.4 Å². The average Bonchev–Trinajstić information content (AvgIpc) is 2.61. The van der Waals surface area contributed by atoms with Gasteiger partial charge in [-0.05, 0) is 18.9 Å². The Hall–Kier alpha value is -0.850. The summed E-state index contributed by atoms with van der Waals surface area (Å²) in [7, 11) is 0. The first-order chi connectivity index (χ1) is 6.29. The van der Waals surface area contributed by atoms with Crippen LogP contribution in [-0.4, -0.2) is 31.6 Å². The predicted molar refractivity (Wildman–Crippen MR) is 50.2 cm³/mol. The van der Waals surface area contributed by atoms with Gasteiger partial charge >= 0.3 is 0 Å². The first-order valence-corrected chi connectivity index (χ1v) is 4.61. The number of nitrogens with one attached hydrogen (secondary N) is 1. The Morgan fingerprint density at radius 1 is 1.69 bits per heavy atom. The summed E-state index contributed by atoms with van der Waals surface area (Å²) in [6.45, 7) is 4.05. The second-order valence-electron chi connectivity index (χ2n) is 3.21. The number of rotatable bonds is 4. The molecule has 0 bridgehead atoms. The molecule has 2 atom stereocenters. The van der Waals surface area contributed by atoms with E-state index in [0.29, 0.717) is 13.2 Å². The second kappa shape index (κ2) is 5.00. The van der Waals surface area contributed by atoms with Crippen LogP contribution in [0.25, 0.3) is 0 Å². The molecular formula is C10H15NO2. The van der Waals surface area contributed by atoms with E-state index in [4.69, 9.17) is 11.2 Å². The Kier molecular flexibility index (Phi) is 3.94. The van der Waals surface area contributed by atoms with E-state index in [1.165, 1.54) is 0 Å². The molecule has 13 heavy (non-hydrogen) atoms. The Balaban J connectivity index is 2.45. The van der Waals surface area contributed by atoms with Crippen LogP contribution < -0.4 is 5.32 Å². The lowest BCUT2D eigenvalue weighted by Gasteiger charge is -2.15. The van der Waals surface area contributed by atoms with Gasteiger partial charge in [0.1, 0.15) is 0 Å². The minimum Gasteiger partial charge on any atom is -0.379 e. The van der Waals surface area contributed by atoms with Gasteiger partial charge in [0.25, 0.3) is 0 Å². The Labute approximate surface area is 78.8 Å². The van der Waals surface area contributed by atoms with Gasteiger partial charge in [0.2, 0.25) is 5.78 Å². The SMILES string of the molecule is C#CC(=O)C1COCC1NCCC. The highest BCUT2D eigenvalue weighted by Crippen LogP contribution is 2.14. The third-order valence-electron chi connectivity index (χ3n) is 2.22. The lowest BCUT2D eigenvalue weighted by Crippen LogP contribution is -2.39. The van der Waals surface area contributed by atoms with E-state index in [1.54, 1.807) is 0 Å². The molecule has 0 aromatic carbocycles. The molecule has 2 unspecified atom stereocenters. The number of carbonyl (C=O) groups is 1. The fourth-order valence-corrected chi connectivity index (χ4v) is 1.45. The zero-order valence-electron chi connectivity index (χ0n) is 7.88. The Bertz CT molecular complexity index is 219. The lowest BCUT2D eigenvalue weighted by molar-refractivity contribution is -0.117. The van der Waals surface area contributed by atoms with Crippen molar-refractivity contribution in [2.75, 3.05) is 19.8 Å². The van der Waals surface area contributed by atoms with E-state index in [2.05, 4.69) is 18.2 Å². The standard InChI is InChI=1S/C10H15NO2/c1-3-5-11-9-7-13-6-8(9)10(12)4-2/h2,8-9,11H,3,5-7H2,1H3. The molecule has 0 amide bonds. The van der Waals surface area contributed by atoms with Crippen molar-refractivity contribution in [1.82, 2.24) is 5.32 Å². The number of carbonyl (C=O) groups excluding carboxylic acids is 1. The maximum absolute atomic E-state index is 11.2. The van der Waals surface area contributed by atoms with Crippen LogP contribution in [0.15, 0.2) is 0 Å². The van der Waals surface area contributed by atoms with E-state index in [-0.39, 0.29) is 17.7 Å². The van der Waals surface area contributed by atoms with Crippen LogP contribution >= 0.6 is 0 Å². The molecule has 0 aromatic heterocycles. The topological polar surface area (TPSA) is 38.3 Å². The predicted octanol–water partition coefficient (Wildman–Crippen LogP) is 0.203. The number of hydrogen-bond donors (Lipinski definition) is 1. The fraction of sp³-hybridized carbons (Fsp3) is 0.700. The first kappa shape index (κ1) is 10.2. The minimum atomic E-state index is -0.147. The van der Waals surface area contributed by atoms with Crippen LogP contribution in [-0.2, 0) is 9.53 Å². The summed E-state index contributed by atoms with van der Waals surface area (Å²) in [6.07, 6.45) is 6.11. The van der Waals surface area contributed by atoms with Gasteiger partial charge in [0.05, 0.1) is 19.1 Å². The lowest BCUT2D eigenvalue weighted by atomic mass is 9.99. The maximum Gasteiger partial charge on any atom is 0.212 e. The van der Waals surface area contributed by atoms with Crippen molar-refractivity contribution in [1.29, 1.82) is 0 Å². The molecule has 1 aliphatic heterocycles. The summed E-state index contributed by atoms with van der Waals surface area (Å²) in [5.74, 6) is 1.87. The van der Waals surface area contributed by atoms with Gasteiger partial charge in [0, 0.05) is 6.04 Å². The molecule has 3 nitrogen and oxygen atoms in total. The van der Waals surface area contributed by atoms with Crippen LogP contribution in [0.3, 0.4) is 0 Å². The monoisotopic (exact) mass is 181 g/mol. The van der Waals surface area contributed by atoms with Crippen LogP contribution in [0.2, 0.25) is 0 Å². The largest absolute Gasteiger partial charge is 0.379 e. The summed E-state index contributed by atoms with van der Waals surface area (Å²) in [4.78, 5) is 11.2. The molecule has 1 rings (SSSR count). The van der Waals surface area contributed by atoms with Gasteiger partial charge in [0.15, 0.2) is 0 Å². The smallest absolute Gasteiger partial charge is 0.212 e. The maximum atomic E-state index is 11.2. The van der Waals surface area contributed by atoms with E-state index in [9.17, 15) is 4.79 Å². The summed E-state index contributed by atoms with van der Waals surface area (Å²) in [5.41, 5.74) is 0. The van der Waals surface area contributed by atoms with Gasteiger partial charge in [-0.15, -0.1) is 6.42 Å². The van der Waals surface area contributed by atoms with Crippen LogP contribution in [0.5, 0.6) is 0 Å². The van der Waals surface area contributed by atoms with Gasteiger partial charge in [-0.1, -0.05) is 6.92 Å². The first-order valence-electron chi connectivity index (χ1n) is 4.61. The third kappa shape index (κ3) is 2.55. The number of ether oxygens (including phenoxy) is 1. The molecule has 72 valence electrons. The van der Waals surface area contributed by atoms with Crippen LogP contribution in [0.4, 0.5) is 0 Å². The van der Waals surface area contributed by atoms with Crippen molar-refractivity contribution in [3.8, 4) is 12.3 Å². The van der Waals surface area contributed by atoms with Gasteiger partial charge < -0.3 is 10.1 Å². The molecule has 1 heterocycles. The number of hydrogen-bond acceptors (Lipinski definition) is 3. The number of Topliss-reactive ketones (excluding diaryl/α,β-unsaturated/α-hetero) is 1. The molecule has 0 aliphatic carbocycles. The highest BCUT2D eigenvalue weighted by Gasteiger charge is 2.32. The minimum absolute atomic E-state index is 0.114. The van der Waals surface area contributed by atoms with E-state index < -0.39 is 0 Å². The van der Waals surface area contributed by atoms with Crippen LogP contribution in [0.1, 0.15) is 13.3 Å². The molecule has 0 radical (unpaired) electrons. The van der Waals surface area contributed by atoms with Gasteiger partial charge in [-0.3, -0.25) is 4.79 Å². The molecule has 0 spiro atoms. The zero-order chi connectivity index (χ0) is 9.68. The van der Waals surface area contributed by atoms with Crippen molar-refractivity contribution in [3.63, 3.8) is 0 Å². The number of ketones is 1. The molecular weight excluding hydrogens is 166 g/mol. The quantitative estimate of drug-likeness (QED) is 0.497. The molecule has 1 aliphatic rings. The highest BCUT2D eigenvalue weighted by molar-refractivity contribution is 5.97. The van der Waals surface area contributed by atoms with Gasteiger partial charge in [-0.25, -0.2) is 0 Å². The number of terminal acetylenes is 1. The van der Waals surface area contributed by atoms with Crippen molar-refractivity contribution in [2.24, 2.45) is 5.92 Å². The molecule has 0 aromatic rings.